The molecule has 0 aliphatic carbocycles. The third-order valence-electron chi connectivity index (χ3n) is 3.16. The zero-order valence-corrected chi connectivity index (χ0v) is 13.4. The Hall–Kier alpha value is -1.76. The van der Waals surface area contributed by atoms with Crippen molar-refractivity contribution >= 4 is 5.69 Å². The van der Waals surface area contributed by atoms with Crippen molar-refractivity contribution in [2.24, 2.45) is 0 Å². The zero-order valence-electron chi connectivity index (χ0n) is 12.3. The van der Waals surface area contributed by atoms with E-state index in [4.69, 9.17) is 0 Å². The van der Waals surface area contributed by atoms with Gasteiger partial charge in [-0.1, -0.05) is 36.0 Å². The van der Waals surface area contributed by atoms with Crippen molar-refractivity contribution in [2.45, 2.75) is 13.5 Å². The van der Waals surface area contributed by atoms with Gasteiger partial charge in [0.05, 0.1) is 0 Å². The normalized spacial score (nSPS) is 9.19. The summed E-state index contributed by atoms with van der Waals surface area (Å²) in [6, 6.07) is 29.1. The fourth-order valence-corrected chi connectivity index (χ4v) is 2.08. The minimum atomic E-state index is 0. The molecule has 0 spiro atoms. The predicted molar refractivity (Wildman–Crippen MR) is 87.2 cm³/mol. The second-order valence-corrected chi connectivity index (χ2v) is 4.61. The Morgan fingerprint density at radius 2 is 1.38 bits per heavy atom. The maximum Gasteiger partial charge on any atom is 0.0315 e. The van der Waals surface area contributed by atoms with Crippen molar-refractivity contribution in [2.75, 3.05) is 11.4 Å². The minimum Gasteiger partial charge on any atom is -0.748 e. The molecule has 0 N–H and O–H groups in total. The first-order valence-corrected chi connectivity index (χ1v) is 7.07. The summed E-state index contributed by atoms with van der Waals surface area (Å²) in [6.07, 6.45) is 0. The molecule has 21 heavy (non-hydrogen) atoms. The van der Waals surface area contributed by atoms with Crippen LogP contribution in [0.4, 0.5) is 5.69 Å². The van der Waals surface area contributed by atoms with E-state index in [1.807, 2.05) is 30.3 Å². The van der Waals surface area contributed by atoms with Crippen molar-refractivity contribution in [3.63, 3.8) is 0 Å². The summed E-state index contributed by atoms with van der Waals surface area (Å²) in [5.41, 5.74) is 2.67. The summed E-state index contributed by atoms with van der Waals surface area (Å²) in [7, 11) is 0. The van der Waals surface area contributed by atoms with Crippen LogP contribution in [0.25, 0.3) is 0 Å². The molecule has 0 bridgehead atoms. The van der Waals surface area contributed by atoms with Crippen LogP contribution in [-0.4, -0.2) is 6.54 Å². The number of hydrogen-bond donors (Lipinski definition) is 0. The summed E-state index contributed by atoms with van der Waals surface area (Å²) in [5.74, 6) is 0. The van der Waals surface area contributed by atoms with Gasteiger partial charge in [-0.15, -0.1) is 0 Å². The molecule has 2 heteroatoms. The number of rotatable bonds is 4. The Morgan fingerprint density at radius 1 is 0.857 bits per heavy atom. The molecule has 0 aliphatic heterocycles. The van der Waals surface area contributed by atoms with E-state index in [1.165, 1.54) is 11.3 Å². The first-order chi connectivity index (χ1) is 9.90. The van der Waals surface area contributed by atoms with Gasteiger partial charge in [0.15, 0.2) is 0 Å². The van der Waals surface area contributed by atoms with Crippen molar-refractivity contribution < 1.29 is 17.1 Å². The third-order valence-corrected chi connectivity index (χ3v) is 3.16. The largest absolute Gasteiger partial charge is 0.748 e. The molecule has 3 aromatic rings. The average molecular weight is 319 g/mol. The molecule has 0 fully saturated rings. The Morgan fingerprint density at radius 3 is 1.86 bits per heavy atom. The second-order valence-electron chi connectivity index (χ2n) is 4.61. The van der Waals surface area contributed by atoms with Gasteiger partial charge in [-0.05, 0) is 12.5 Å². The maximum atomic E-state index is 2.37. The zero-order chi connectivity index (χ0) is 14.0. The summed E-state index contributed by atoms with van der Waals surface area (Å²) < 4.78 is 0. The Kier molecular flexibility index (Phi) is 8.26. The van der Waals surface area contributed by atoms with Gasteiger partial charge in [-0.25, -0.2) is 12.1 Å². The molecule has 0 radical (unpaired) electrons. The molecule has 0 unspecified atom stereocenters. The molecule has 3 aromatic carbocycles. The summed E-state index contributed by atoms with van der Waals surface area (Å²) in [6.45, 7) is 4.22. The molecule has 0 saturated carbocycles. The van der Waals surface area contributed by atoms with Gasteiger partial charge in [0, 0.05) is 30.2 Å². The Labute approximate surface area is 138 Å². The van der Waals surface area contributed by atoms with E-state index in [1.54, 1.807) is 0 Å². The van der Waals surface area contributed by atoms with E-state index in [0.29, 0.717) is 0 Å². The van der Waals surface area contributed by atoms with Gasteiger partial charge in [0.1, 0.15) is 0 Å². The van der Waals surface area contributed by atoms with Gasteiger partial charge >= 0.3 is 0 Å². The summed E-state index contributed by atoms with van der Waals surface area (Å²) in [4.78, 5) is 2.37. The van der Waals surface area contributed by atoms with Crippen LogP contribution in [0.2, 0.25) is 0 Å². The van der Waals surface area contributed by atoms with E-state index in [-0.39, 0.29) is 17.1 Å². The number of anilines is 1. The van der Waals surface area contributed by atoms with Crippen LogP contribution in [0.3, 0.4) is 0 Å². The van der Waals surface area contributed by atoms with Gasteiger partial charge < -0.3 is 35.2 Å². The molecular weight excluding hydrogens is 298 g/mol. The van der Waals surface area contributed by atoms with Crippen molar-refractivity contribution in [3.05, 3.63) is 90.5 Å². The van der Waals surface area contributed by atoms with E-state index >= 15 is 0 Å². The molecule has 116 valence electrons. The molecule has 0 amide bonds. The molecular formula is C19H21FeN-6. The standard InChI is InChI=1S/C14H16N.C5H5.Fe/c1-2-15(14-10-6-7-11-14)12-13-8-4-3-5-9-13;1-2-4-5-3-1;/h3-11H,2,12H2,1H3;1-5H;/q-1;-5;. The SMILES string of the molecule is CCN(Cc1ccccc1)[c-]1cccc1.[Fe].[cH-]1[cH-][cH-][cH-][cH-]1. The number of benzene rings is 1. The third kappa shape index (κ3) is 6.03. The first-order valence-electron chi connectivity index (χ1n) is 7.07. The molecule has 0 aliphatic rings. The van der Waals surface area contributed by atoms with Crippen LogP contribution < -0.4 is 4.90 Å². The van der Waals surface area contributed by atoms with Crippen LogP contribution in [-0.2, 0) is 23.6 Å². The van der Waals surface area contributed by atoms with Gasteiger partial charge in [-0.3, -0.25) is 0 Å². The fourth-order valence-electron chi connectivity index (χ4n) is 2.08. The molecule has 0 saturated heterocycles. The van der Waals surface area contributed by atoms with E-state index in [0.717, 1.165) is 13.1 Å². The Bertz CT molecular complexity index is 523. The number of nitrogens with zero attached hydrogens (tertiary/aromatic N) is 1. The van der Waals surface area contributed by atoms with Crippen LogP contribution in [0.1, 0.15) is 12.5 Å². The average Bonchev–Trinajstić information content (AvgIpc) is 3.21. The van der Waals surface area contributed by atoms with Gasteiger partial charge in [0.2, 0.25) is 0 Å². The monoisotopic (exact) mass is 319 g/mol. The van der Waals surface area contributed by atoms with Crippen LogP contribution in [0, 0.1) is 0 Å². The first kappa shape index (κ1) is 17.3. The quantitative estimate of drug-likeness (QED) is 0.491. The van der Waals surface area contributed by atoms with Crippen molar-refractivity contribution in [3.8, 4) is 0 Å². The summed E-state index contributed by atoms with van der Waals surface area (Å²) in [5, 5.41) is 0. The van der Waals surface area contributed by atoms with Crippen LogP contribution in [0.5, 0.6) is 0 Å². The minimum absolute atomic E-state index is 0. The van der Waals surface area contributed by atoms with Crippen LogP contribution >= 0.6 is 0 Å². The molecule has 1 nitrogen and oxygen atoms in total. The van der Waals surface area contributed by atoms with Crippen LogP contribution in [0.15, 0.2) is 84.9 Å². The molecule has 0 heterocycles. The smallest absolute Gasteiger partial charge is 0.0315 e. The number of hydrogen-bond acceptors (Lipinski definition) is 1. The van der Waals surface area contributed by atoms with E-state index in [9.17, 15) is 0 Å². The van der Waals surface area contributed by atoms with E-state index < -0.39 is 0 Å². The van der Waals surface area contributed by atoms with Gasteiger partial charge in [0.25, 0.3) is 0 Å². The molecule has 0 aromatic heterocycles. The Balaban J connectivity index is 0.000000313. The van der Waals surface area contributed by atoms with E-state index in [2.05, 4.69) is 66.4 Å². The predicted octanol–water partition coefficient (Wildman–Crippen LogP) is 4.84. The summed E-state index contributed by atoms with van der Waals surface area (Å²) >= 11 is 0. The maximum absolute atomic E-state index is 2.37. The second kappa shape index (κ2) is 10.0. The molecule has 3 rings (SSSR count). The fraction of sp³-hybridized carbons (Fsp3) is 0.158. The van der Waals surface area contributed by atoms with Crippen molar-refractivity contribution in [1.82, 2.24) is 0 Å². The van der Waals surface area contributed by atoms with Gasteiger partial charge in [-0.2, -0.15) is 12.1 Å². The van der Waals surface area contributed by atoms with Crippen molar-refractivity contribution in [1.29, 1.82) is 0 Å². The molecule has 0 atom stereocenters. The topological polar surface area (TPSA) is 3.24 Å².